The number of ether oxygens (including phenoxy) is 2. The Morgan fingerprint density at radius 3 is 2.37 bits per heavy atom. The van der Waals surface area contributed by atoms with E-state index in [1.165, 1.54) is 7.11 Å². The summed E-state index contributed by atoms with van der Waals surface area (Å²) >= 11 is 0. The van der Waals surface area contributed by atoms with E-state index in [-0.39, 0.29) is 30.2 Å². The van der Waals surface area contributed by atoms with Crippen LogP contribution in [0.5, 0.6) is 0 Å². The Morgan fingerprint density at radius 1 is 1.00 bits per heavy atom. The lowest BCUT2D eigenvalue weighted by atomic mass is 10.1. The lowest BCUT2D eigenvalue weighted by Crippen LogP contribution is -2.46. The van der Waals surface area contributed by atoms with Crippen LogP contribution in [0.4, 0.5) is 21.1 Å². The molecule has 0 unspecified atom stereocenters. The third kappa shape index (κ3) is 4.38. The first-order chi connectivity index (χ1) is 18.6. The van der Waals surface area contributed by atoms with Crippen molar-refractivity contribution in [3.8, 4) is 11.4 Å². The van der Waals surface area contributed by atoms with Crippen LogP contribution in [0.1, 0.15) is 31.7 Å². The Morgan fingerprint density at radius 2 is 1.71 bits per heavy atom. The highest BCUT2D eigenvalue weighted by atomic mass is 16.5. The third-order valence-corrected chi connectivity index (χ3v) is 7.79. The minimum atomic E-state index is -0.294. The van der Waals surface area contributed by atoms with Gasteiger partial charge < -0.3 is 29.9 Å². The number of urea groups is 1. The van der Waals surface area contributed by atoms with Crippen molar-refractivity contribution in [1.82, 2.24) is 30.0 Å². The average molecular weight is 521 g/mol. The summed E-state index contributed by atoms with van der Waals surface area (Å²) in [5.41, 5.74) is 2.33. The predicted molar refractivity (Wildman–Crippen MR) is 141 cm³/mol. The first kappa shape index (κ1) is 24.4. The van der Waals surface area contributed by atoms with Gasteiger partial charge in [-0.15, -0.1) is 0 Å². The average Bonchev–Trinajstić information content (AvgIpc) is 3.49. The van der Waals surface area contributed by atoms with E-state index in [4.69, 9.17) is 24.5 Å². The topological polar surface area (TPSA) is 127 Å². The Labute approximate surface area is 220 Å². The van der Waals surface area contributed by atoms with Crippen molar-refractivity contribution >= 4 is 34.7 Å². The van der Waals surface area contributed by atoms with Gasteiger partial charge in [-0.25, -0.2) is 24.2 Å². The van der Waals surface area contributed by atoms with Gasteiger partial charge in [-0.2, -0.15) is 5.10 Å². The van der Waals surface area contributed by atoms with E-state index in [1.807, 2.05) is 35.1 Å². The molecule has 3 saturated heterocycles. The molecule has 1 aromatic carbocycles. The van der Waals surface area contributed by atoms with Crippen LogP contribution in [0.2, 0.25) is 0 Å². The van der Waals surface area contributed by atoms with Gasteiger partial charge in [-0.3, -0.25) is 0 Å². The molecule has 3 aliphatic heterocycles. The van der Waals surface area contributed by atoms with E-state index in [0.717, 1.165) is 48.1 Å². The van der Waals surface area contributed by atoms with Gasteiger partial charge >= 0.3 is 12.1 Å². The molecule has 0 radical (unpaired) electrons. The van der Waals surface area contributed by atoms with Gasteiger partial charge in [0.25, 0.3) is 0 Å². The fraction of sp³-hybridized carbons (Fsp3) is 0.500. The largest absolute Gasteiger partial charge is 0.453 e. The summed E-state index contributed by atoms with van der Waals surface area (Å²) in [6, 6.07) is 7.93. The summed E-state index contributed by atoms with van der Waals surface area (Å²) in [6.07, 6.45) is 5.27. The Bertz CT molecular complexity index is 1320. The maximum atomic E-state index is 12.0. The number of amides is 3. The van der Waals surface area contributed by atoms with Gasteiger partial charge in [-0.1, -0.05) is 0 Å². The number of nitrogens with zero attached hydrogens (tertiary/aromatic N) is 6. The predicted octanol–water partition coefficient (Wildman–Crippen LogP) is 3.02. The van der Waals surface area contributed by atoms with Crippen LogP contribution in [0.25, 0.3) is 22.4 Å². The molecular formula is C26H32N8O4. The van der Waals surface area contributed by atoms with E-state index < -0.39 is 0 Å². The van der Waals surface area contributed by atoms with Gasteiger partial charge in [0.15, 0.2) is 11.5 Å². The zero-order valence-electron chi connectivity index (χ0n) is 21.6. The van der Waals surface area contributed by atoms with Gasteiger partial charge in [0.2, 0.25) is 0 Å². The molecule has 12 heteroatoms. The molecule has 5 heterocycles. The number of benzene rings is 1. The minimum absolute atomic E-state index is 0.115. The van der Waals surface area contributed by atoms with Crippen molar-refractivity contribution in [3.05, 3.63) is 30.5 Å². The van der Waals surface area contributed by atoms with Gasteiger partial charge in [0.1, 0.15) is 5.82 Å². The fourth-order valence-corrected chi connectivity index (χ4v) is 5.80. The van der Waals surface area contributed by atoms with Crippen LogP contribution in [0.3, 0.4) is 0 Å². The van der Waals surface area contributed by atoms with E-state index in [0.29, 0.717) is 37.8 Å². The number of hydrogen-bond acceptors (Lipinski definition) is 8. The molecule has 0 aliphatic carbocycles. The molecule has 2 N–H and O–H groups in total. The lowest BCUT2D eigenvalue weighted by molar-refractivity contribution is 0.0904. The number of rotatable bonds is 4. The van der Waals surface area contributed by atoms with Gasteiger partial charge in [-0.05, 0) is 49.9 Å². The molecule has 12 nitrogen and oxygen atoms in total. The molecule has 38 heavy (non-hydrogen) atoms. The van der Waals surface area contributed by atoms with Gasteiger partial charge in [0.05, 0.1) is 50.0 Å². The lowest BCUT2D eigenvalue weighted by Gasteiger charge is -2.36. The summed E-state index contributed by atoms with van der Waals surface area (Å²) in [7, 11) is 2.99. The molecule has 200 valence electrons. The minimum Gasteiger partial charge on any atom is -0.453 e. The normalized spacial score (nSPS) is 21.5. The fourth-order valence-electron chi connectivity index (χ4n) is 5.80. The van der Waals surface area contributed by atoms with Crippen molar-refractivity contribution in [2.45, 2.75) is 43.8 Å². The Kier molecular flexibility index (Phi) is 6.48. The molecule has 6 rings (SSSR count). The molecule has 2 atom stereocenters. The standard InChI is InChI=1S/C26H32N8O4/c1-27-25(35)29-17-5-3-16(4-6-17)22-30-23(33-19-7-8-20(33)15-38-14-19)21-13-28-34(24(21)31-22)18-9-11-32(12-10-18)26(36)37-2/h3-6,13,18-20H,7-12,14-15H2,1-2H3,(H2,27,29,35)/t19-,20+. The van der Waals surface area contributed by atoms with Crippen LogP contribution in [-0.4, -0.2) is 89.3 Å². The highest BCUT2D eigenvalue weighted by molar-refractivity contribution is 5.90. The number of anilines is 2. The second kappa shape index (κ2) is 10.1. The molecule has 3 amide bonds. The highest BCUT2D eigenvalue weighted by Gasteiger charge is 2.40. The van der Waals surface area contributed by atoms with Crippen molar-refractivity contribution in [3.63, 3.8) is 0 Å². The molecule has 2 aromatic heterocycles. The number of nitrogens with one attached hydrogen (secondary N) is 2. The van der Waals surface area contributed by atoms with E-state index in [1.54, 1.807) is 11.9 Å². The van der Waals surface area contributed by atoms with Crippen LogP contribution >= 0.6 is 0 Å². The molecule has 3 aromatic rings. The summed E-state index contributed by atoms with van der Waals surface area (Å²) in [4.78, 5) is 37.9. The number of hydrogen-bond donors (Lipinski definition) is 2. The van der Waals surface area contributed by atoms with E-state index in [2.05, 4.69) is 15.5 Å². The number of carbonyl (C=O) groups is 2. The number of morpholine rings is 1. The van der Waals surface area contributed by atoms with Crippen LogP contribution in [0.15, 0.2) is 30.5 Å². The number of fused-ring (bicyclic) bond motifs is 3. The second-order valence-electron chi connectivity index (χ2n) is 10.00. The second-order valence-corrected chi connectivity index (χ2v) is 10.00. The Balaban J connectivity index is 1.38. The maximum Gasteiger partial charge on any atom is 0.409 e. The quantitative estimate of drug-likeness (QED) is 0.538. The number of aromatic nitrogens is 4. The van der Waals surface area contributed by atoms with E-state index in [9.17, 15) is 9.59 Å². The molecule has 0 saturated carbocycles. The number of carbonyl (C=O) groups excluding carboxylic acids is 2. The maximum absolute atomic E-state index is 12.0. The molecule has 2 bridgehead atoms. The number of likely N-dealkylation sites (tertiary alicyclic amines) is 1. The summed E-state index contributed by atoms with van der Waals surface area (Å²) in [6.45, 7) is 2.60. The zero-order valence-corrected chi connectivity index (χ0v) is 21.6. The SMILES string of the molecule is CNC(=O)Nc1ccc(-c2nc(N3[C@@H]4CC[C@H]3COC4)c3cnn(C4CCN(C(=O)OC)CC4)c3n2)cc1. The van der Waals surface area contributed by atoms with Crippen molar-refractivity contribution in [2.75, 3.05) is 50.7 Å². The monoisotopic (exact) mass is 520 g/mol. The Hall–Kier alpha value is -3.93. The molecule has 0 spiro atoms. The van der Waals surface area contributed by atoms with Crippen LogP contribution < -0.4 is 15.5 Å². The molecule has 3 fully saturated rings. The highest BCUT2D eigenvalue weighted by Crippen LogP contribution is 2.38. The van der Waals surface area contributed by atoms with Crippen LogP contribution in [0, 0.1) is 0 Å². The first-order valence-electron chi connectivity index (χ1n) is 13.1. The zero-order chi connectivity index (χ0) is 26.2. The van der Waals surface area contributed by atoms with Crippen molar-refractivity contribution in [1.29, 1.82) is 0 Å². The third-order valence-electron chi connectivity index (χ3n) is 7.79. The van der Waals surface area contributed by atoms with E-state index >= 15 is 0 Å². The first-order valence-corrected chi connectivity index (χ1v) is 13.1. The summed E-state index contributed by atoms with van der Waals surface area (Å²) in [5.74, 6) is 1.50. The molecule has 3 aliphatic rings. The molecular weight excluding hydrogens is 488 g/mol. The van der Waals surface area contributed by atoms with Crippen LogP contribution in [-0.2, 0) is 9.47 Å². The smallest absolute Gasteiger partial charge is 0.409 e. The summed E-state index contributed by atoms with van der Waals surface area (Å²) < 4.78 is 12.7. The number of methoxy groups -OCH3 is 1. The summed E-state index contributed by atoms with van der Waals surface area (Å²) in [5, 5.41) is 11.1. The van der Waals surface area contributed by atoms with Crippen molar-refractivity contribution < 1.29 is 19.1 Å². The van der Waals surface area contributed by atoms with Crippen molar-refractivity contribution in [2.24, 2.45) is 0 Å². The number of piperidine rings is 1. The van der Waals surface area contributed by atoms with Gasteiger partial charge in [0, 0.05) is 31.4 Å².